The maximum atomic E-state index is 11.8. The molecule has 1 saturated heterocycles. The number of rotatable bonds is 4. The topological polar surface area (TPSA) is 32.3 Å². The van der Waals surface area contributed by atoms with E-state index in [1.54, 1.807) is 0 Å². The Morgan fingerprint density at radius 3 is 2.50 bits per heavy atom. The van der Waals surface area contributed by atoms with Crippen LogP contribution >= 0.6 is 0 Å². The number of likely N-dealkylation sites (tertiary alicyclic amines) is 1. The predicted molar refractivity (Wildman–Crippen MR) is 66.1 cm³/mol. The highest BCUT2D eigenvalue weighted by atomic mass is 16.2. The molecule has 3 heteroatoms. The van der Waals surface area contributed by atoms with Gasteiger partial charge in [0, 0.05) is 26.1 Å². The van der Waals surface area contributed by atoms with Gasteiger partial charge >= 0.3 is 6.03 Å². The molecule has 1 aliphatic heterocycles. The Hall–Kier alpha value is -1.17. The van der Waals surface area contributed by atoms with Crippen molar-refractivity contribution in [3.05, 3.63) is 0 Å². The molecular weight excluding hydrogens is 200 g/mol. The summed E-state index contributed by atoms with van der Waals surface area (Å²) in [6.45, 7) is 2.57. The molecule has 1 aliphatic rings. The Kier molecular flexibility index (Phi) is 6.48. The van der Waals surface area contributed by atoms with E-state index < -0.39 is 0 Å². The Bertz CT molecular complexity index is 237. The van der Waals surface area contributed by atoms with Gasteiger partial charge in [-0.2, -0.15) is 0 Å². The summed E-state index contributed by atoms with van der Waals surface area (Å²) in [7, 11) is 0. The maximum absolute atomic E-state index is 11.8. The van der Waals surface area contributed by atoms with E-state index in [4.69, 9.17) is 6.42 Å². The molecule has 1 rings (SSSR count). The minimum atomic E-state index is 0.0996. The molecule has 16 heavy (non-hydrogen) atoms. The molecule has 0 radical (unpaired) electrons. The van der Waals surface area contributed by atoms with Crippen molar-refractivity contribution in [3.63, 3.8) is 0 Å². The van der Waals surface area contributed by atoms with Crippen LogP contribution in [-0.4, -0.2) is 30.6 Å². The van der Waals surface area contributed by atoms with Crippen LogP contribution < -0.4 is 5.32 Å². The summed E-state index contributed by atoms with van der Waals surface area (Å²) < 4.78 is 0. The van der Waals surface area contributed by atoms with E-state index in [9.17, 15) is 4.79 Å². The molecule has 2 amide bonds. The lowest BCUT2D eigenvalue weighted by Crippen LogP contribution is -2.40. The zero-order valence-electron chi connectivity index (χ0n) is 10.0. The lowest BCUT2D eigenvalue weighted by molar-refractivity contribution is 0.199. The monoisotopic (exact) mass is 222 g/mol. The third-order valence-corrected chi connectivity index (χ3v) is 2.92. The summed E-state index contributed by atoms with van der Waals surface area (Å²) in [5.74, 6) is 2.60. The van der Waals surface area contributed by atoms with Crippen molar-refractivity contribution >= 4 is 6.03 Å². The molecule has 0 aromatic rings. The van der Waals surface area contributed by atoms with Gasteiger partial charge in [0.1, 0.15) is 0 Å². The molecule has 0 atom stereocenters. The fourth-order valence-corrected chi connectivity index (χ4v) is 1.93. The Labute approximate surface area is 98.6 Å². The standard InChI is InChI=1S/C13H22N2O/c1-2-3-4-7-10-14-13(16)15-11-8-5-6-9-12-15/h1H,3-12H2,(H,14,16). The van der Waals surface area contributed by atoms with Crippen molar-refractivity contribution in [3.8, 4) is 12.3 Å². The SMILES string of the molecule is C#CCCCCNC(=O)N1CCCCCC1. The van der Waals surface area contributed by atoms with E-state index in [0.717, 1.165) is 51.7 Å². The summed E-state index contributed by atoms with van der Waals surface area (Å²) >= 11 is 0. The molecule has 1 heterocycles. The van der Waals surface area contributed by atoms with Crippen LogP contribution in [0.1, 0.15) is 44.9 Å². The number of urea groups is 1. The van der Waals surface area contributed by atoms with E-state index in [0.29, 0.717) is 0 Å². The summed E-state index contributed by atoms with van der Waals surface area (Å²) in [5.41, 5.74) is 0. The molecule has 90 valence electrons. The van der Waals surface area contributed by atoms with Gasteiger partial charge < -0.3 is 10.2 Å². The fourth-order valence-electron chi connectivity index (χ4n) is 1.93. The van der Waals surface area contributed by atoms with Gasteiger partial charge in [0.15, 0.2) is 0 Å². The van der Waals surface area contributed by atoms with Crippen LogP contribution in [0.4, 0.5) is 4.79 Å². The van der Waals surface area contributed by atoms with E-state index in [2.05, 4.69) is 11.2 Å². The summed E-state index contributed by atoms with van der Waals surface area (Å²) in [6.07, 6.45) is 12.7. The molecule has 0 spiro atoms. The summed E-state index contributed by atoms with van der Waals surface area (Å²) in [4.78, 5) is 13.7. The predicted octanol–water partition coefficient (Wildman–Crippen LogP) is 2.38. The molecule has 1 N–H and O–H groups in total. The largest absolute Gasteiger partial charge is 0.338 e. The number of hydrogen-bond donors (Lipinski definition) is 1. The number of carbonyl (C=O) groups is 1. The number of nitrogens with zero attached hydrogens (tertiary/aromatic N) is 1. The van der Waals surface area contributed by atoms with Crippen molar-refractivity contribution in [1.29, 1.82) is 0 Å². The fraction of sp³-hybridized carbons (Fsp3) is 0.769. The van der Waals surface area contributed by atoms with Gasteiger partial charge in [-0.05, 0) is 25.7 Å². The van der Waals surface area contributed by atoms with Gasteiger partial charge in [-0.25, -0.2) is 4.79 Å². The smallest absolute Gasteiger partial charge is 0.317 e. The van der Waals surface area contributed by atoms with Gasteiger partial charge in [-0.15, -0.1) is 12.3 Å². The molecule has 0 bridgehead atoms. The van der Waals surface area contributed by atoms with Crippen LogP contribution in [0, 0.1) is 12.3 Å². The summed E-state index contributed by atoms with van der Waals surface area (Å²) in [5, 5.41) is 2.96. The minimum Gasteiger partial charge on any atom is -0.338 e. The first-order valence-electron chi connectivity index (χ1n) is 6.31. The van der Waals surface area contributed by atoms with Crippen LogP contribution in [0.5, 0.6) is 0 Å². The summed E-state index contributed by atoms with van der Waals surface area (Å²) in [6, 6.07) is 0.0996. The van der Waals surface area contributed by atoms with Crippen LogP contribution in [0.15, 0.2) is 0 Å². The average Bonchev–Trinajstić information content (AvgIpc) is 2.57. The first-order valence-corrected chi connectivity index (χ1v) is 6.31. The third-order valence-electron chi connectivity index (χ3n) is 2.92. The van der Waals surface area contributed by atoms with Crippen LogP contribution in [0.3, 0.4) is 0 Å². The van der Waals surface area contributed by atoms with E-state index in [1.807, 2.05) is 4.90 Å². The first-order chi connectivity index (χ1) is 7.84. The van der Waals surface area contributed by atoms with Crippen molar-refractivity contribution in [2.75, 3.05) is 19.6 Å². The second-order valence-electron chi connectivity index (χ2n) is 4.29. The van der Waals surface area contributed by atoms with Gasteiger partial charge in [0.2, 0.25) is 0 Å². The second kappa shape index (κ2) is 8.04. The molecule has 1 fully saturated rings. The quantitative estimate of drug-likeness (QED) is 0.575. The maximum Gasteiger partial charge on any atom is 0.317 e. The van der Waals surface area contributed by atoms with E-state index in [-0.39, 0.29) is 6.03 Å². The Balaban J connectivity index is 2.11. The average molecular weight is 222 g/mol. The van der Waals surface area contributed by atoms with Gasteiger partial charge in [-0.3, -0.25) is 0 Å². The van der Waals surface area contributed by atoms with Crippen LogP contribution in [-0.2, 0) is 0 Å². The van der Waals surface area contributed by atoms with Gasteiger partial charge in [-0.1, -0.05) is 12.8 Å². The molecule has 0 unspecified atom stereocenters. The van der Waals surface area contributed by atoms with E-state index >= 15 is 0 Å². The zero-order chi connectivity index (χ0) is 11.6. The van der Waals surface area contributed by atoms with Crippen molar-refractivity contribution in [1.82, 2.24) is 10.2 Å². The number of carbonyl (C=O) groups excluding carboxylic acids is 1. The Morgan fingerprint density at radius 2 is 1.88 bits per heavy atom. The highest BCUT2D eigenvalue weighted by Crippen LogP contribution is 2.09. The second-order valence-corrected chi connectivity index (χ2v) is 4.29. The number of amides is 2. The molecule has 0 aromatic carbocycles. The highest BCUT2D eigenvalue weighted by molar-refractivity contribution is 5.74. The number of unbranched alkanes of at least 4 members (excludes halogenated alkanes) is 2. The number of terminal acetylenes is 1. The van der Waals surface area contributed by atoms with E-state index in [1.165, 1.54) is 12.8 Å². The van der Waals surface area contributed by atoms with Gasteiger partial charge in [0.05, 0.1) is 0 Å². The number of hydrogen-bond acceptors (Lipinski definition) is 1. The van der Waals surface area contributed by atoms with Gasteiger partial charge in [0.25, 0.3) is 0 Å². The lowest BCUT2D eigenvalue weighted by Gasteiger charge is -2.20. The third kappa shape index (κ3) is 5.06. The molecule has 0 aliphatic carbocycles. The molecule has 0 saturated carbocycles. The molecule has 0 aromatic heterocycles. The first kappa shape index (κ1) is 12.9. The minimum absolute atomic E-state index is 0.0996. The normalized spacial score (nSPS) is 16.3. The van der Waals surface area contributed by atoms with Crippen LogP contribution in [0.2, 0.25) is 0 Å². The Morgan fingerprint density at radius 1 is 1.19 bits per heavy atom. The van der Waals surface area contributed by atoms with Crippen molar-refractivity contribution in [2.45, 2.75) is 44.9 Å². The number of nitrogens with one attached hydrogen (secondary N) is 1. The molecular formula is C13H22N2O. The van der Waals surface area contributed by atoms with Crippen molar-refractivity contribution < 1.29 is 4.79 Å². The highest BCUT2D eigenvalue weighted by Gasteiger charge is 2.14. The zero-order valence-corrected chi connectivity index (χ0v) is 10.0. The molecule has 3 nitrogen and oxygen atoms in total. The lowest BCUT2D eigenvalue weighted by atomic mass is 10.2. The van der Waals surface area contributed by atoms with Crippen LogP contribution in [0.25, 0.3) is 0 Å². The van der Waals surface area contributed by atoms with Crippen molar-refractivity contribution in [2.24, 2.45) is 0 Å².